The first-order valence-electron chi connectivity index (χ1n) is 5.45. The summed E-state index contributed by atoms with van der Waals surface area (Å²) >= 11 is 1.45. The van der Waals surface area contributed by atoms with E-state index in [1.165, 1.54) is 11.3 Å². The van der Waals surface area contributed by atoms with Gasteiger partial charge >= 0.3 is 0 Å². The lowest BCUT2D eigenvalue weighted by Crippen LogP contribution is -2.24. The van der Waals surface area contributed by atoms with Crippen LogP contribution in [0.1, 0.15) is 16.8 Å². The van der Waals surface area contributed by atoms with Crippen LogP contribution in [0, 0.1) is 6.92 Å². The number of aryl methyl sites for hydroxylation is 1. The molecule has 0 aliphatic carbocycles. The molecule has 0 unspecified atom stereocenters. The third-order valence-electron chi connectivity index (χ3n) is 2.43. The van der Waals surface area contributed by atoms with Crippen LogP contribution in [-0.4, -0.2) is 13.4 Å². The van der Waals surface area contributed by atoms with Crippen molar-refractivity contribution in [1.29, 1.82) is 0 Å². The van der Waals surface area contributed by atoms with Crippen molar-refractivity contribution in [2.24, 2.45) is 0 Å². The first-order valence-corrected chi connectivity index (χ1v) is 8.05. The zero-order valence-corrected chi connectivity index (χ0v) is 11.6. The number of sulfonamides is 1. The van der Waals surface area contributed by atoms with E-state index in [0.717, 1.165) is 16.8 Å². The summed E-state index contributed by atoms with van der Waals surface area (Å²) < 4.78 is 26.2. The second-order valence-corrected chi connectivity index (χ2v) is 6.57. The van der Waals surface area contributed by atoms with Crippen LogP contribution >= 0.6 is 11.3 Å². The Hall–Kier alpha value is -1.24. The van der Waals surface area contributed by atoms with Gasteiger partial charge in [0.05, 0.1) is 23.5 Å². The molecular weight excluding hydrogens is 268 g/mol. The molecule has 0 bridgehead atoms. The Bertz CT molecular complexity index is 590. The summed E-state index contributed by atoms with van der Waals surface area (Å²) in [5.41, 5.74) is 4.33. The fourth-order valence-electron chi connectivity index (χ4n) is 1.46. The maximum atomic E-state index is 11.8. The molecule has 1 heterocycles. The number of rotatable bonds is 5. The minimum absolute atomic E-state index is 0.00256. The molecule has 1 aromatic carbocycles. The zero-order chi connectivity index (χ0) is 13.0. The largest absolute Gasteiger partial charge is 0.248 e. The maximum absolute atomic E-state index is 11.8. The molecule has 4 nitrogen and oxygen atoms in total. The highest BCUT2D eigenvalue weighted by Gasteiger charge is 2.11. The van der Waals surface area contributed by atoms with Crippen molar-refractivity contribution < 1.29 is 8.42 Å². The Morgan fingerprint density at radius 3 is 2.61 bits per heavy atom. The van der Waals surface area contributed by atoms with E-state index in [4.69, 9.17) is 0 Å². The molecule has 0 spiro atoms. The first kappa shape index (κ1) is 13.2. The SMILES string of the molecule is Cc1ccc(CS(=O)(=O)NCc2cscn2)cc1. The Labute approximate surface area is 111 Å². The monoisotopic (exact) mass is 282 g/mol. The van der Waals surface area contributed by atoms with Crippen LogP contribution in [0.4, 0.5) is 0 Å². The number of nitrogens with one attached hydrogen (secondary N) is 1. The van der Waals surface area contributed by atoms with Gasteiger partial charge in [-0.2, -0.15) is 0 Å². The van der Waals surface area contributed by atoms with Crippen molar-refractivity contribution >= 4 is 21.4 Å². The Morgan fingerprint density at radius 2 is 2.00 bits per heavy atom. The average molecular weight is 282 g/mol. The second kappa shape index (κ2) is 5.60. The van der Waals surface area contributed by atoms with Crippen molar-refractivity contribution in [2.45, 2.75) is 19.2 Å². The normalized spacial score (nSPS) is 11.6. The van der Waals surface area contributed by atoms with Gasteiger partial charge in [-0.3, -0.25) is 0 Å². The smallest absolute Gasteiger partial charge is 0.216 e. The van der Waals surface area contributed by atoms with Crippen LogP contribution in [0.25, 0.3) is 0 Å². The number of hydrogen-bond donors (Lipinski definition) is 1. The Morgan fingerprint density at radius 1 is 1.28 bits per heavy atom. The minimum Gasteiger partial charge on any atom is -0.248 e. The van der Waals surface area contributed by atoms with Gasteiger partial charge in [0.2, 0.25) is 10.0 Å². The zero-order valence-electron chi connectivity index (χ0n) is 9.96. The maximum Gasteiger partial charge on any atom is 0.216 e. The minimum atomic E-state index is -3.31. The van der Waals surface area contributed by atoms with E-state index in [9.17, 15) is 8.42 Å². The molecule has 0 amide bonds. The van der Waals surface area contributed by atoms with E-state index in [1.807, 2.05) is 36.6 Å². The molecule has 1 N–H and O–H groups in total. The summed E-state index contributed by atoms with van der Waals surface area (Å²) in [6.45, 7) is 2.22. The van der Waals surface area contributed by atoms with Gasteiger partial charge in [0.15, 0.2) is 0 Å². The molecule has 1 aromatic heterocycles. The fraction of sp³-hybridized carbons (Fsp3) is 0.250. The van der Waals surface area contributed by atoms with Gasteiger partial charge in [-0.15, -0.1) is 11.3 Å². The van der Waals surface area contributed by atoms with Gasteiger partial charge in [0.1, 0.15) is 0 Å². The van der Waals surface area contributed by atoms with Gasteiger partial charge in [-0.25, -0.2) is 18.1 Å². The summed E-state index contributed by atoms with van der Waals surface area (Å²) in [5.74, 6) is -0.00256. The van der Waals surface area contributed by atoms with Crippen molar-refractivity contribution in [3.8, 4) is 0 Å². The van der Waals surface area contributed by atoms with E-state index in [0.29, 0.717) is 0 Å². The predicted molar refractivity (Wildman–Crippen MR) is 72.8 cm³/mol. The van der Waals surface area contributed by atoms with E-state index in [2.05, 4.69) is 9.71 Å². The van der Waals surface area contributed by atoms with Crippen LogP contribution in [0.15, 0.2) is 35.2 Å². The number of thiazole rings is 1. The molecular formula is C12H14N2O2S2. The third-order valence-corrected chi connectivity index (χ3v) is 4.37. The molecule has 0 aliphatic heterocycles. The summed E-state index contributed by atoms with van der Waals surface area (Å²) in [6, 6.07) is 7.48. The molecule has 6 heteroatoms. The van der Waals surface area contributed by atoms with Crippen LogP contribution in [-0.2, 0) is 22.3 Å². The van der Waals surface area contributed by atoms with Crippen LogP contribution in [0.2, 0.25) is 0 Å². The first-order chi connectivity index (χ1) is 8.55. The molecule has 0 saturated carbocycles. The highest BCUT2D eigenvalue weighted by molar-refractivity contribution is 7.88. The third kappa shape index (κ3) is 3.90. The lowest BCUT2D eigenvalue weighted by atomic mass is 10.2. The molecule has 0 atom stereocenters. The number of hydrogen-bond acceptors (Lipinski definition) is 4. The molecule has 0 aliphatic rings. The lowest BCUT2D eigenvalue weighted by molar-refractivity contribution is 0.579. The Balaban J connectivity index is 1.97. The summed E-state index contributed by atoms with van der Waals surface area (Å²) in [6.07, 6.45) is 0. The van der Waals surface area contributed by atoms with Crippen molar-refractivity contribution in [3.05, 3.63) is 52.0 Å². The van der Waals surface area contributed by atoms with Gasteiger partial charge in [0, 0.05) is 5.38 Å². The van der Waals surface area contributed by atoms with Crippen LogP contribution in [0.5, 0.6) is 0 Å². The summed E-state index contributed by atoms with van der Waals surface area (Å²) in [7, 11) is -3.31. The van der Waals surface area contributed by atoms with Gasteiger partial charge in [-0.05, 0) is 12.5 Å². The summed E-state index contributed by atoms with van der Waals surface area (Å²) in [4.78, 5) is 4.03. The van der Waals surface area contributed by atoms with Gasteiger partial charge in [-0.1, -0.05) is 29.8 Å². The molecule has 0 fully saturated rings. The number of benzene rings is 1. The van der Waals surface area contributed by atoms with E-state index < -0.39 is 10.0 Å². The highest BCUT2D eigenvalue weighted by Crippen LogP contribution is 2.08. The van der Waals surface area contributed by atoms with Gasteiger partial charge < -0.3 is 0 Å². The second-order valence-electron chi connectivity index (χ2n) is 4.05. The topological polar surface area (TPSA) is 59.1 Å². The Kier molecular flexibility index (Phi) is 4.11. The van der Waals surface area contributed by atoms with Crippen LogP contribution in [0.3, 0.4) is 0 Å². The van der Waals surface area contributed by atoms with E-state index in [1.54, 1.807) is 5.51 Å². The number of nitrogens with zero attached hydrogens (tertiary/aromatic N) is 1. The quantitative estimate of drug-likeness (QED) is 0.913. The summed E-state index contributed by atoms with van der Waals surface area (Å²) in [5, 5.41) is 1.83. The standard InChI is InChI=1S/C12H14N2O2S2/c1-10-2-4-11(5-3-10)8-18(15,16)14-6-12-7-17-9-13-12/h2-5,7,9,14H,6,8H2,1H3. The molecule has 2 aromatic rings. The highest BCUT2D eigenvalue weighted by atomic mass is 32.2. The number of aromatic nitrogens is 1. The molecule has 96 valence electrons. The van der Waals surface area contributed by atoms with Crippen molar-refractivity contribution in [1.82, 2.24) is 9.71 Å². The van der Waals surface area contributed by atoms with Gasteiger partial charge in [0.25, 0.3) is 0 Å². The molecule has 2 rings (SSSR count). The van der Waals surface area contributed by atoms with Crippen molar-refractivity contribution in [3.63, 3.8) is 0 Å². The van der Waals surface area contributed by atoms with Crippen LogP contribution < -0.4 is 4.72 Å². The van der Waals surface area contributed by atoms with Crippen molar-refractivity contribution in [2.75, 3.05) is 0 Å². The van der Waals surface area contributed by atoms with E-state index >= 15 is 0 Å². The molecule has 0 saturated heterocycles. The molecule has 18 heavy (non-hydrogen) atoms. The lowest BCUT2D eigenvalue weighted by Gasteiger charge is -2.05. The predicted octanol–water partition coefficient (Wildman–Crippen LogP) is 2.07. The fourth-order valence-corrected chi connectivity index (χ4v) is 3.12. The molecule has 0 radical (unpaired) electrons. The van der Waals surface area contributed by atoms with E-state index in [-0.39, 0.29) is 12.3 Å². The average Bonchev–Trinajstić information content (AvgIpc) is 2.83.